The average Bonchev–Trinajstić information content (AvgIpc) is 2.31. The lowest BCUT2D eigenvalue weighted by Gasteiger charge is -2.32. The lowest BCUT2D eigenvalue weighted by atomic mass is 9.75. The normalized spacial score (nSPS) is 13.8. The molecule has 10 heteroatoms. The van der Waals surface area contributed by atoms with Gasteiger partial charge in [-0.1, -0.05) is 200 Å². The smallest absolute Gasteiger partial charge is 0.456 e. The second-order valence-electron chi connectivity index (χ2n) is 20.8. The van der Waals surface area contributed by atoms with Gasteiger partial charge in [-0.25, -0.2) is 19.9 Å². The van der Waals surface area contributed by atoms with Gasteiger partial charge in [-0.3, -0.25) is 0 Å². The fourth-order valence-electron chi connectivity index (χ4n) is 10.5. The second kappa shape index (κ2) is 21.0. The van der Waals surface area contributed by atoms with E-state index in [1.807, 2.05) is 140 Å². The molecule has 10 aromatic carbocycles. The molecule has 0 saturated carbocycles. The molecular weight excluding hydrogens is 1050 g/mol. The molecule has 396 valence electrons. The van der Waals surface area contributed by atoms with Crippen molar-refractivity contribution in [2.45, 2.75) is 38.9 Å². The van der Waals surface area contributed by atoms with Crippen molar-refractivity contribution in [2.75, 3.05) is 0 Å². The molecule has 0 N–H and O–H groups in total. The van der Waals surface area contributed by atoms with Crippen LogP contribution in [0.5, 0.6) is 23.0 Å². The largest absolute Gasteiger partial charge is 0.495 e. The molecule has 0 spiro atoms. The summed E-state index contributed by atoms with van der Waals surface area (Å²) in [5.41, 5.74) is 12.9. The maximum Gasteiger partial charge on any atom is 0.495 e. The third-order valence-electron chi connectivity index (χ3n) is 15.2. The van der Waals surface area contributed by atoms with E-state index in [4.69, 9.17) is 28.8 Å². The first-order valence-electron chi connectivity index (χ1n) is 26.7. The minimum Gasteiger partial charge on any atom is -0.456 e. The van der Waals surface area contributed by atoms with Crippen LogP contribution in [0, 0.1) is 0 Å². The van der Waals surface area contributed by atoms with E-state index < -0.39 is 0 Å². The van der Waals surface area contributed by atoms with Crippen molar-refractivity contribution in [3.8, 4) is 102 Å². The zero-order chi connectivity index (χ0) is 54.4. The number of para-hydroxylation sites is 2. The Morgan fingerprint density at radius 1 is 0.350 bits per heavy atom. The number of halogens is 1. The predicted molar refractivity (Wildman–Crippen MR) is 338 cm³/mol. The van der Waals surface area contributed by atoms with Gasteiger partial charge in [-0.2, -0.15) is 0 Å². The molecule has 12 aromatic rings. The van der Waals surface area contributed by atoms with Crippen molar-refractivity contribution >= 4 is 50.1 Å². The van der Waals surface area contributed by atoms with Crippen molar-refractivity contribution in [3.05, 3.63) is 247 Å². The number of hydrogen-bond donors (Lipinski definition) is 0. The van der Waals surface area contributed by atoms with Gasteiger partial charge in [-0.15, -0.1) is 0 Å². The molecule has 3 aliphatic heterocycles. The van der Waals surface area contributed by atoms with Crippen LogP contribution in [0.1, 0.15) is 34.8 Å². The highest BCUT2D eigenvalue weighted by atomic mass is 79.9. The van der Waals surface area contributed by atoms with E-state index in [2.05, 4.69) is 157 Å². The number of fused-ring (bicyclic) bond motifs is 4. The van der Waals surface area contributed by atoms with Crippen LogP contribution in [0.2, 0.25) is 0 Å². The van der Waals surface area contributed by atoms with Gasteiger partial charge in [0, 0.05) is 56.8 Å². The quantitative estimate of drug-likeness (QED) is 0.120. The molecule has 0 atom stereocenters. The summed E-state index contributed by atoms with van der Waals surface area (Å²) in [6.45, 7) is 8.32. The van der Waals surface area contributed by atoms with Crippen LogP contribution in [0.25, 0.3) is 100 Å². The first-order chi connectivity index (χ1) is 39.0. The number of ether oxygens (including phenoxy) is 2. The van der Waals surface area contributed by atoms with Crippen molar-refractivity contribution in [3.63, 3.8) is 0 Å². The summed E-state index contributed by atoms with van der Waals surface area (Å²) < 4.78 is 25.8. The predicted octanol–water partition coefficient (Wildman–Crippen LogP) is 19.1. The van der Waals surface area contributed by atoms with Crippen molar-refractivity contribution < 1.29 is 25.9 Å². The van der Waals surface area contributed by atoms with Crippen LogP contribution in [0.3, 0.4) is 0 Å². The first-order valence-corrected chi connectivity index (χ1v) is 27.5. The van der Waals surface area contributed by atoms with Crippen LogP contribution >= 0.6 is 15.9 Å². The third-order valence-corrected chi connectivity index (χ3v) is 15.6. The van der Waals surface area contributed by atoms with E-state index in [1.54, 1.807) is 0 Å². The molecule has 0 radical (unpaired) electrons. The fraction of sp³-hybridized carbons (Fsp3) is 0.0857. The molecule has 8 nitrogen and oxygen atoms in total. The lowest BCUT2D eigenvalue weighted by Crippen LogP contribution is -2.41. The van der Waals surface area contributed by atoms with Crippen LogP contribution in [-0.2, 0) is 9.31 Å². The van der Waals surface area contributed by atoms with Crippen molar-refractivity contribution in [2.24, 2.45) is 0 Å². The van der Waals surface area contributed by atoms with Gasteiger partial charge >= 0.3 is 7.12 Å². The monoisotopic (exact) mass is 1110 g/mol. The average molecular weight is 1110 g/mol. The summed E-state index contributed by atoms with van der Waals surface area (Å²) in [6.07, 6.45) is 0. The van der Waals surface area contributed by atoms with E-state index in [0.717, 1.165) is 116 Å². The summed E-state index contributed by atoms with van der Waals surface area (Å²) in [6, 6.07) is 82.0. The van der Waals surface area contributed by atoms with E-state index in [1.165, 1.54) is 11.1 Å². The molecule has 3 aliphatic rings. The molecule has 1 saturated heterocycles. The van der Waals surface area contributed by atoms with Gasteiger partial charge < -0.3 is 18.8 Å². The zero-order valence-corrected chi connectivity index (χ0v) is 46.1. The van der Waals surface area contributed by atoms with Gasteiger partial charge in [0.1, 0.15) is 27.6 Å². The number of benzene rings is 10. The van der Waals surface area contributed by atoms with Crippen LogP contribution in [-0.4, -0.2) is 38.3 Å². The first kappa shape index (κ1) is 50.4. The molecule has 0 unspecified atom stereocenters. The standard InChI is InChI=1S/C32H20N2O.C22H21BO3.C16H11BrN2.5H2/c1-3-10-21(11-4-1)27-20-28(34-32(33-27)22-12-5-2-6-13-22)23-18-19-30-31-25(23)15-9-16-26(31)24-14-7-8-17-29(24)35-30;1-21(2)22(3,4)26-23(25-21)17-12-13-19-20-15(9-7-10-16(17)20)14-8-5-6-11-18(14)24-19;17-15-11-14(12-7-3-1-4-8-12)18-16(19-15)13-9-5-2-6-10-13;;;;;/h1-20H;5-13H,1-4H3;1-11H;5*1H. The number of nitrogens with zero attached hydrogens (tertiary/aromatic N) is 4. The summed E-state index contributed by atoms with van der Waals surface area (Å²) in [5.74, 6) is 4.99. The Kier molecular flexibility index (Phi) is 13.2. The number of hydrogen-bond acceptors (Lipinski definition) is 8. The highest BCUT2D eigenvalue weighted by Crippen LogP contribution is 2.49. The van der Waals surface area contributed by atoms with Gasteiger partial charge in [0.15, 0.2) is 11.6 Å². The molecule has 80 heavy (non-hydrogen) atoms. The summed E-state index contributed by atoms with van der Waals surface area (Å²) in [4.78, 5) is 19.0. The summed E-state index contributed by atoms with van der Waals surface area (Å²) >= 11 is 3.46. The Morgan fingerprint density at radius 2 is 0.762 bits per heavy atom. The Labute approximate surface area is 481 Å². The van der Waals surface area contributed by atoms with Crippen LogP contribution in [0.15, 0.2) is 247 Å². The van der Waals surface area contributed by atoms with E-state index in [9.17, 15) is 0 Å². The maximum atomic E-state index is 6.30. The zero-order valence-electron chi connectivity index (χ0n) is 44.5. The Balaban J connectivity index is 0.000000168. The highest BCUT2D eigenvalue weighted by molar-refractivity contribution is 9.10. The lowest BCUT2D eigenvalue weighted by molar-refractivity contribution is 0.00578. The molecule has 1 fully saturated rings. The van der Waals surface area contributed by atoms with Crippen molar-refractivity contribution in [1.29, 1.82) is 0 Å². The van der Waals surface area contributed by atoms with Gasteiger partial charge in [0.25, 0.3) is 0 Å². The molecule has 15 rings (SSSR count). The topological polar surface area (TPSA) is 88.5 Å². The van der Waals surface area contributed by atoms with Crippen molar-refractivity contribution in [1.82, 2.24) is 19.9 Å². The fourth-order valence-corrected chi connectivity index (χ4v) is 10.9. The Morgan fingerprint density at radius 3 is 1.30 bits per heavy atom. The minimum atomic E-state index is -0.388. The highest BCUT2D eigenvalue weighted by Gasteiger charge is 2.52. The molecular formula is C70H62BBrN4O4. The van der Waals surface area contributed by atoms with Gasteiger partial charge in [0.2, 0.25) is 0 Å². The van der Waals surface area contributed by atoms with Crippen LogP contribution < -0.4 is 14.9 Å². The Bertz CT molecular complexity index is 4170. The molecule has 0 aliphatic carbocycles. The molecule has 5 heterocycles. The van der Waals surface area contributed by atoms with E-state index >= 15 is 0 Å². The molecule has 0 amide bonds. The van der Waals surface area contributed by atoms with Crippen LogP contribution in [0.4, 0.5) is 0 Å². The van der Waals surface area contributed by atoms with Gasteiger partial charge in [0.05, 0.1) is 28.3 Å². The molecule has 2 aromatic heterocycles. The summed E-state index contributed by atoms with van der Waals surface area (Å²) in [7, 11) is -0.388. The van der Waals surface area contributed by atoms with Gasteiger partial charge in [-0.05, 0) is 113 Å². The number of rotatable bonds is 6. The molecule has 0 bridgehead atoms. The van der Waals surface area contributed by atoms with E-state index in [-0.39, 0.29) is 25.5 Å². The summed E-state index contributed by atoms with van der Waals surface area (Å²) in [5, 5.41) is 4.47. The minimum absolute atomic E-state index is 0. The second-order valence-corrected chi connectivity index (χ2v) is 21.6. The number of aromatic nitrogens is 4. The maximum absolute atomic E-state index is 6.30. The van der Waals surface area contributed by atoms with E-state index in [0.29, 0.717) is 5.82 Å². The SMILES string of the molecule is Brc1cc(-c2ccccc2)nc(-c2ccccc2)n1.CC1(C)OB(c2ccc3c4c(cccc24)-c2ccccc2O3)OC1(C)C.[HH].[HH].[HH].[HH].[HH].c1ccc(-c2cc(-c3ccc4c5c(cccc35)-c3ccccc3O4)nc(-c3ccccc3)n2)cc1. The Hall–Kier alpha value is -9.06. The third kappa shape index (κ3) is 9.61.